The molecule has 0 aliphatic rings. The van der Waals surface area contributed by atoms with E-state index in [1.54, 1.807) is 0 Å². The molecule has 21 heavy (non-hydrogen) atoms. The number of Topliss-reactive ketones (excluding diaryl/α,β-unsaturated/α-hetero) is 1. The summed E-state index contributed by atoms with van der Waals surface area (Å²) in [6.45, 7) is 1.79. The van der Waals surface area contributed by atoms with Crippen molar-refractivity contribution in [2.75, 3.05) is 0 Å². The first-order valence-electron chi connectivity index (χ1n) is 5.88. The second kappa shape index (κ2) is 5.53. The molecule has 3 rings (SSSR count). The average Bonchev–Trinajstić information content (AvgIpc) is 2.96. The molecule has 0 saturated heterocycles. The molecule has 0 aromatic carbocycles. The summed E-state index contributed by atoms with van der Waals surface area (Å²) in [7, 11) is 0. The van der Waals surface area contributed by atoms with E-state index in [9.17, 15) is 9.59 Å². The summed E-state index contributed by atoms with van der Waals surface area (Å²) in [4.78, 5) is 28.8. The van der Waals surface area contributed by atoms with E-state index in [4.69, 9.17) is 23.2 Å². The van der Waals surface area contributed by atoms with Crippen LogP contribution in [0.2, 0.25) is 8.67 Å². The predicted molar refractivity (Wildman–Crippen MR) is 87.3 cm³/mol. The van der Waals surface area contributed by atoms with Gasteiger partial charge < -0.3 is 0 Å². The maximum atomic E-state index is 12.3. The van der Waals surface area contributed by atoms with Gasteiger partial charge in [0.1, 0.15) is 9.04 Å². The van der Waals surface area contributed by atoms with Gasteiger partial charge in [-0.05, 0) is 23.9 Å². The highest BCUT2D eigenvalue weighted by Crippen LogP contribution is 2.31. The van der Waals surface area contributed by atoms with Crippen molar-refractivity contribution in [1.29, 1.82) is 0 Å². The Balaban J connectivity index is 1.98. The molecule has 4 nitrogen and oxygen atoms in total. The van der Waals surface area contributed by atoms with Crippen LogP contribution in [0.15, 0.2) is 22.6 Å². The molecule has 0 unspecified atom stereocenters. The molecule has 3 heterocycles. The van der Waals surface area contributed by atoms with Crippen LogP contribution in [0.25, 0.3) is 10.2 Å². The van der Waals surface area contributed by atoms with Crippen LogP contribution in [-0.4, -0.2) is 15.3 Å². The van der Waals surface area contributed by atoms with E-state index in [0.717, 1.165) is 16.9 Å². The summed E-state index contributed by atoms with van der Waals surface area (Å²) in [5, 5.41) is 1.88. The number of hydrogen-bond donors (Lipinski definition) is 0. The van der Waals surface area contributed by atoms with Crippen LogP contribution >= 0.6 is 45.9 Å². The Morgan fingerprint density at radius 3 is 2.86 bits per heavy atom. The summed E-state index contributed by atoms with van der Waals surface area (Å²) in [6, 6.07) is 1.52. The summed E-state index contributed by atoms with van der Waals surface area (Å²) < 4.78 is 2.62. The van der Waals surface area contributed by atoms with Gasteiger partial charge in [0, 0.05) is 0 Å². The lowest BCUT2D eigenvalue weighted by Gasteiger charge is -2.04. The lowest BCUT2D eigenvalue weighted by molar-refractivity contribution is 0.0971. The van der Waals surface area contributed by atoms with E-state index in [0.29, 0.717) is 24.5 Å². The monoisotopic (exact) mass is 358 g/mol. The lowest BCUT2D eigenvalue weighted by Crippen LogP contribution is -2.24. The standard InChI is InChI=1S/C13H8Cl2N2O2S2/c1-6-4-20-11-10(6)16-5-17(13(11)19)3-8(18)7-2-9(14)21-12(7)15/h2,4-5H,3H2,1H3. The number of ketones is 1. The minimum atomic E-state index is -0.264. The third-order valence-corrected chi connectivity index (χ3v) is 5.56. The predicted octanol–water partition coefficient (Wildman–Crippen LogP) is 4.02. The maximum absolute atomic E-state index is 12.3. The largest absolute Gasteiger partial charge is 0.292 e. The van der Waals surface area contributed by atoms with Crippen LogP contribution in [0.5, 0.6) is 0 Å². The molecular formula is C13H8Cl2N2O2S2. The summed E-state index contributed by atoms with van der Waals surface area (Å²) in [6.07, 6.45) is 1.39. The highest BCUT2D eigenvalue weighted by Gasteiger charge is 2.16. The number of carbonyl (C=O) groups excluding carboxylic acids is 1. The van der Waals surface area contributed by atoms with Crippen LogP contribution in [0.4, 0.5) is 0 Å². The zero-order valence-corrected chi connectivity index (χ0v) is 13.9. The number of thiophene rings is 2. The smallest absolute Gasteiger partial charge is 0.271 e. The first-order chi connectivity index (χ1) is 9.97. The third-order valence-electron chi connectivity index (χ3n) is 2.99. The Kier molecular flexibility index (Phi) is 3.88. The minimum Gasteiger partial charge on any atom is -0.292 e. The maximum Gasteiger partial charge on any atom is 0.271 e. The molecule has 0 saturated carbocycles. The molecule has 3 aromatic heterocycles. The fraction of sp³-hybridized carbons (Fsp3) is 0.154. The normalized spacial score (nSPS) is 11.2. The van der Waals surface area contributed by atoms with E-state index >= 15 is 0 Å². The number of rotatable bonds is 3. The van der Waals surface area contributed by atoms with Crippen molar-refractivity contribution in [3.8, 4) is 0 Å². The highest BCUT2D eigenvalue weighted by atomic mass is 35.5. The quantitative estimate of drug-likeness (QED) is 0.664. The van der Waals surface area contributed by atoms with Gasteiger partial charge in [-0.2, -0.15) is 0 Å². The van der Waals surface area contributed by atoms with E-state index in [-0.39, 0.29) is 17.9 Å². The molecule has 108 valence electrons. The number of nitrogens with zero attached hydrogens (tertiary/aromatic N) is 2. The zero-order chi connectivity index (χ0) is 15.1. The third kappa shape index (κ3) is 2.64. The molecule has 0 spiro atoms. The van der Waals surface area contributed by atoms with E-state index in [1.807, 2.05) is 12.3 Å². The fourth-order valence-corrected chi connectivity index (χ4v) is 4.39. The van der Waals surface area contributed by atoms with Gasteiger partial charge in [0.15, 0.2) is 5.78 Å². The average molecular weight is 359 g/mol. The van der Waals surface area contributed by atoms with Crippen molar-refractivity contribution in [3.05, 3.63) is 47.9 Å². The Bertz CT molecular complexity index is 911. The summed E-state index contributed by atoms with van der Waals surface area (Å²) in [5.74, 6) is -0.264. The molecule has 0 aliphatic heterocycles. The van der Waals surface area contributed by atoms with Crippen molar-refractivity contribution in [3.63, 3.8) is 0 Å². The Labute approximate surface area is 137 Å². The summed E-state index contributed by atoms with van der Waals surface area (Å²) >= 11 is 14.2. The topological polar surface area (TPSA) is 52.0 Å². The molecule has 0 bridgehead atoms. The van der Waals surface area contributed by atoms with E-state index in [2.05, 4.69) is 4.98 Å². The molecule has 8 heteroatoms. The molecule has 0 aliphatic carbocycles. The fourth-order valence-electron chi connectivity index (χ4n) is 1.94. The van der Waals surface area contributed by atoms with Gasteiger partial charge in [-0.15, -0.1) is 22.7 Å². The Morgan fingerprint density at radius 1 is 1.43 bits per heavy atom. The second-order valence-electron chi connectivity index (χ2n) is 4.44. The van der Waals surface area contributed by atoms with Gasteiger partial charge in [0.25, 0.3) is 5.56 Å². The molecular weight excluding hydrogens is 351 g/mol. The van der Waals surface area contributed by atoms with Gasteiger partial charge in [-0.3, -0.25) is 14.2 Å². The van der Waals surface area contributed by atoms with E-state index < -0.39 is 0 Å². The van der Waals surface area contributed by atoms with Gasteiger partial charge in [0.2, 0.25) is 0 Å². The van der Waals surface area contributed by atoms with Crippen molar-refractivity contribution in [1.82, 2.24) is 9.55 Å². The van der Waals surface area contributed by atoms with Crippen LogP contribution < -0.4 is 5.56 Å². The van der Waals surface area contributed by atoms with Gasteiger partial charge in [-0.1, -0.05) is 23.2 Å². The van der Waals surface area contributed by atoms with Crippen LogP contribution in [-0.2, 0) is 6.54 Å². The van der Waals surface area contributed by atoms with Crippen LogP contribution in [0.3, 0.4) is 0 Å². The van der Waals surface area contributed by atoms with Crippen molar-refractivity contribution in [2.24, 2.45) is 0 Å². The SMILES string of the molecule is Cc1csc2c(=O)n(CC(=O)c3cc(Cl)sc3Cl)cnc12. The molecule has 0 fully saturated rings. The van der Waals surface area contributed by atoms with Gasteiger partial charge in [0.05, 0.1) is 28.3 Å². The van der Waals surface area contributed by atoms with Crippen LogP contribution in [0.1, 0.15) is 15.9 Å². The Hall–Kier alpha value is -1.21. The zero-order valence-electron chi connectivity index (χ0n) is 10.7. The lowest BCUT2D eigenvalue weighted by atomic mass is 10.2. The van der Waals surface area contributed by atoms with Gasteiger partial charge >= 0.3 is 0 Å². The number of hydrogen-bond acceptors (Lipinski definition) is 5. The highest BCUT2D eigenvalue weighted by molar-refractivity contribution is 7.20. The minimum absolute atomic E-state index is 0.106. The van der Waals surface area contributed by atoms with Gasteiger partial charge in [-0.25, -0.2) is 4.98 Å². The van der Waals surface area contributed by atoms with Crippen molar-refractivity contribution < 1.29 is 4.79 Å². The van der Waals surface area contributed by atoms with Crippen molar-refractivity contribution >= 4 is 61.9 Å². The summed E-state index contributed by atoms with van der Waals surface area (Å²) in [5.41, 5.74) is 1.76. The first kappa shape index (κ1) is 14.7. The van der Waals surface area contributed by atoms with Crippen molar-refractivity contribution in [2.45, 2.75) is 13.5 Å². The number of carbonyl (C=O) groups is 1. The molecule has 0 amide bonds. The molecule has 0 atom stereocenters. The number of fused-ring (bicyclic) bond motifs is 1. The number of aryl methyl sites for hydroxylation is 1. The number of halogens is 2. The second-order valence-corrected chi connectivity index (χ2v) is 7.60. The molecule has 0 N–H and O–H groups in total. The van der Waals surface area contributed by atoms with E-state index in [1.165, 1.54) is 28.3 Å². The Morgan fingerprint density at radius 2 is 2.19 bits per heavy atom. The number of aromatic nitrogens is 2. The van der Waals surface area contributed by atoms with Crippen LogP contribution in [0, 0.1) is 6.92 Å². The first-order valence-corrected chi connectivity index (χ1v) is 8.34. The molecule has 3 aromatic rings. The molecule has 0 radical (unpaired) electrons.